The standard InChI is InChI=1S/C41H56O3/c1-7-43-32-14-8-29(9-15-32)10-21-39(42)30-11-16-33(17-12-30)44-34-22-24-40(5)31(26-34)13-18-35-37-20-19-36(28(4)27(2)3)41(37,6)25-23-38(35)40/h8-12,14-17,21,27-28,31,34-38H,7,13,18-20,22-26H2,1-6H3/b21-10+. The number of carbonyl (C=O) groups is 1. The quantitative estimate of drug-likeness (QED) is 0.213. The first-order chi connectivity index (χ1) is 21.1. The SMILES string of the molecule is CCOc1ccc(/C=C/C(=O)c2ccc(OC3CCC4(C)C(CCC5C4CCC4(C)C(C(C)C(C)C)CCC54)C3)cc2)cc1. The molecule has 4 aliphatic carbocycles. The molecule has 6 rings (SSSR count). The number of hydrogen-bond donors (Lipinski definition) is 0. The highest BCUT2D eigenvalue weighted by Crippen LogP contribution is 2.68. The number of allylic oxidation sites excluding steroid dienone is 1. The van der Waals surface area contributed by atoms with E-state index in [0.29, 0.717) is 23.0 Å². The monoisotopic (exact) mass is 596 g/mol. The second kappa shape index (κ2) is 12.7. The molecule has 0 aromatic heterocycles. The molecular formula is C41H56O3. The van der Waals surface area contributed by atoms with Crippen molar-refractivity contribution in [2.75, 3.05) is 6.61 Å². The van der Waals surface area contributed by atoms with Gasteiger partial charge in [-0.2, -0.15) is 0 Å². The number of hydrogen-bond acceptors (Lipinski definition) is 3. The highest BCUT2D eigenvalue weighted by Gasteiger charge is 2.60. The van der Waals surface area contributed by atoms with Crippen LogP contribution < -0.4 is 9.47 Å². The van der Waals surface area contributed by atoms with Crippen LogP contribution in [0.4, 0.5) is 0 Å². The van der Waals surface area contributed by atoms with Crippen LogP contribution in [-0.2, 0) is 0 Å². The molecule has 9 atom stereocenters. The van der Waals surface area contributed by atoms with Crippen molar-refractivity contribution in [1.29, 1.82) is 0 Å². The third-order valence-electron chi connectivity index (χ3n) is 13.4. The van der Waals surface area contributed by atoms with Gasteiger partial charge < -0.3 is 9.47 Å². The first kappa shape index (κ1) is 31.4. The van der Waals surface area contributed by atoms with Gasteiger partial charge in [-0.3, -0.25) is 4.79 Å². The Hall–Kier alpha value is -2.55. The zero-order chi connectivity index (χ0) is 31.1. The van der Waals surface area contributed by atoms with E-state index in [9.17, 15) is 4.79 Å². The highest BCUT2D eigenvalue weighted by molar-refractivity contribution is 6.06. The lowest BCUT2D eigenvalue weighted by Crippen LogP contribution is -2.54. The fraction of sp³-hybridized carbons (Fsp3) is 0.634. The van der Waals surface area contributed by atoms with Gasteiger partial charge in [0.2, 0.25) is 0 Å². The van der Waals surface area contributed by atoms with E-state index in [1.165, 1.54) is 51.4 Å². The second-order valence-electron chi connectivity index (χ2n) is 15.7. The van der Waals surface area contributed by atoms with Gasteiger partial charge in [-0.25, -0.2) is 0 Å². The minimum absolute atomic E-state index is 0.00598. The molecule has 0 aliphatic heterocycles. The van der Waals surface area contributed by atoms with Crippen LogP contribution in [0.1, 0.15) is 115 Å². The minimum Gasteiger partial charge on any atom is -0.494 e. The molecule has 0 heterocycles. The molecule has 2 aromatic rings. The number of benzene rings is 2. The van der Waals surface area contributed by atoms with E-state index in [1.807, 2.05) is 61.5 Å². The minimum atomic E-state index is 0.00598. The Morgan fingerprint density at radius 1 is 0.841 bits per heavy atom. The molecule has 0 amide bonds. The second-order valence-corrected chi connectivity index (χ2v) is 15.7. The normalized spacial score (nSPS) is 35.5. The summed E-state index contributed by atoms with van der Waals surface area (Å²) in [5.41, 5.74) is 2.70. The highest BCUT2D eigenvalue weighted by atomic mass is 16.5. The first-order valence-corrected chi connectivity index (χ1v) is 17.8. The number of carbonyl (C=O) groups excluding carboxylic acids is 1. The molecule has 0 N–H and O–H groups in total. The van der Waals surface area contributed by atoms with Crippen molar-refractivity contribution >= 4 is 11.9 Å². The van der Waals surface area contributed by atoms with Gasteiger partial charge in [0.15, 0.2) is 5.78 Å². The molecule has 4 saturated carbocycles. The van der Waals surface area contributed by atoms with E-state index in [1.54, 1.807) is 6.08 Å². The zero-order valence-electron chi connectivity index (χ0n) is 28.2. The summed E-state index contributed by atoms with van der Waals surface area (Å²) in [5, 5.41) is 0. The fourth-order valence-electron chi connectivity index (χ4n) is 10.7. The molecule has 0 spiro atoms. The molecule has 2 aromatic carbocycles. The molecule has 9 unspecified atom stereocenters. The Morgan fingerprint density at radius 3 is 2.23 bits per heavy atom. The molecule has 3 heteroatoms. The van der Waals surface area contributed by atoms with Crippen LogP contribution in [0.25, 0.3) is 6.08 Å². The topological polar surface area (TPSA) is 35.5 Å². The lowest BCUT2D eigenvalue weighted by molar-refractivity contribution is -0.127. The Bertz CT molecular complexity index is 1310. The number of ether oxygens (including phenoxy) is 2. The van der Waals surface area contributed by atoms with Gasteiger partial charge in [-0.05, 0) is 165 Å². The molecule has 238 valence electrons. The van der Waals surface area contributed by atoms with Gasteiger partial charge in [-0.15, -0.1) is 0 Å². The molecule has 0 bridgehead atoms. The van der Waals surface area contributed by atoms with Gasteiger partial charge in [0.25, 0.3) is 0 Å². The van der Waals surface area contributed by atoms with E-state index >= 15 is 0 Å². The summed E-state index contributed by atoms with van der Waals surface area (Å²) >= 11 is 0. The van der Waals surface area contributed by atoms with Gasteiger partial charge in [0.05, 0.1) is 12.7 Å². The average Bonchev–Trinajstić information content (AvgIpc) is 3.38. The largest absolute Gasteiger partial charge is 0.494 e. The Morgan fingerprint density at radius 2 is 1.52 bits per heavy atom. The third kappa shape index (κ3) is 5.90. The van der Waals surface area contributed by atoms with E-state index in [4.69, 9.17) is 9.47 Å². The summed E-state index contributed by atoms with van der Waals surface area (Å²) in [5.74, 6) is 7.84. The Labute approximate surface area is 267 Å². The lowest BCUT2D eigenvalue weighted by atomic mass is 9.44. The van der Waals surface area contributed by atoms with Gasteiger partial charge >= 0.3 is 0 Å². The van der Waals surface area contributed by atoms with Crippen LogP contribution in [0.3, 0.4) is 0 Å². The summed E-state index contributed by atoms with van der Waals surface area (Å²) in [6.45, 7) is 15.4. The van der Waals surface area contributed by atoms with E-state index in [2.05, 4.69) is 34.6 Å². The third-order valence-corrected chi connectivity index (χ3v) is 13.4. The summed E-state index contributed by atoms with van der Waals surface area (Å²) in [6, 6.07) is 15.6. The van der Waals surface area contributed by atoms with E-state index in [-0.39, 0.29) is 11.9 Å². The van der Waals surface area contributed by atoms with Gasteiger partial charge in [0.1, 0.15) is 11.5 Å². The van der Waals surface area contributed by atoms with Crippen LogP contribution >= 0.6 is 0 Å². The Balaban J connectivity index is 1.04. The maximum atomic E-state index is 12.8. The molecule has 0 saturated heterocycles. The van der Waals surface area contributed by atoms with Crippen molar-refractivity contribution in [2.24, 2.45) is 52.3 Å². The Kier molecular flexibility index (Phi) is 9.06. The predicted molar refractivity (Wildman–Crippen MR) is 181 cm³/mol. The maximum Gasteiger partial charge on any atom is 0.185 e. The van der Waals surface area contributed by atoms with Crippen molar-refractivity contribution in [1.82, 2.24) is 0 Å². The average molecular weight is 597 g/mol. The van der Waals surface area contributed by atoms with Gasteiger partial charge in [0, 0.05) is 5.56 Å². The number of fused-ring (bicyclic) bond motifs is 5. The van der Waals surface area contributed by atoms with Gasteiger partial charge in [-0.1, -0.05) is 52.8 Å². The number of ketones is 1. The van der Waals surface area contributed by atoms with Crippen LogP contribution in [-0.4, -0.2) is 18.5 Å². The molecule has 4 fully saturated rings. The van der Waals surface area contributed by atoms with Crippen LogP contribution in [0, 0.1) is 52.3 Å². The van der Waals surface area contributed by atoms with E-state index < -0.39 is 0 Å². The molecule has 4 aliphatic rings. The van der Waals surface area contributed by atoms with E-state index in [0.717, 1.165) is 64.9 Å². The summed E-state index contributed by atoms with van der Waals surface area (Å²) < 4.78 is 12.1. The van der Waals surface area contributed by atoms with Crippen LogP contribution in [0.5, 0.6) is 11.5 Å². The van der Waals surface area contributed by atoms with Crippen molar-refractivity contribution in [3.63, 3.8) is 0 Å². The maximum absolute atomic E-state index is 12.8. The predicted octanol–water partition coefficient (Wildman–Crippen LogP) is 10.7. The van der Waals surface area contributed by atoms with Crippen molar-refractivity contribution < 1.29 is 14.3 Å². The molecular weight excluding hydrogens is 540 g/mol. The smallest absolute Gasteiger partial charge is 0.185 e. The molecule has 44 heavy (non-hydrogen) atoms. The van der Waals surface area contributed by atoms with Crippen molar-refractivity contribution in [3.8, 4) is 11.5 Å². The summed E-state index contributed by atoms with van der Waals surface area (Å²) in [4.78, 5) is 12.8. The summed E-state index contributed by atoms with van der Waals surface area (Å²) in [7, 11) is 0. The zero-order valence-corrected chi connectivity index (χ0v) is 28.2. The van der Waals surface area contributed by atoms with Crippen LogP contribution in [0.15, 0.2) is 54.6 Å². The first-order valence-electron chi connectivity index (χ1n) is 17.8. The lowest BCUT2D eigenvalue weighted by Gasteiger charge is -2.61. The molecule has 0 radical (unpaired) electrons. The summed E-state index contributed by atoms with van der Waals surface area (Å²) in [6.07, 6.45) is 16.1. The molecule has 3 nitrogen and oxygen atoms in total. The van der Waals surface area contributed by atoms with Crippen molar-refractivity contribution in [3.05, 3.63) is 65.7 Å². The van der Waals surface area contributed by atoms with Crippen LogP contribution in [0.2, 0.25) is 0 Å². The fourth-order valence-corrected chi connectivity index (χ4v) is 10.7. The number of rotatable bonds is 9. The van der Waals surface area contributed by atoms with Crippen molar-refractivity contribution in [2.45, 2.75) is 105 Å².